The molecule has 0 unspecified atom stereocenters. The van der Waals surface area contributed by atoms with Gasteiger partial charge in [0, 0.05) is 29.8 Å². The fourth-order valence-corrected chi connectivity index (χ4v) is 2.99. The second-order valence-corrected chi connectivity index (χ2v) is 6.68. The molecular formula is C20H22N6. The standard InChI is InChI=1S/C20H22N6/c1-13(2)15-10-19(23-12-15)25-18-7-9-22-20(26-18)24-11-14-4-3-5-17-16(14)6-8-21-17/h3-10,13,21H,11-12H2,1-2H3,(H2,22,23,24,25,26). The van der Waals surface area contributed by atoms with Gasteiger partial charge in [-0.3, -0.25) is 4.99 Å². The van der Waals surface area contributed by atoms with E-state index in [1.54, 1.807) is 6.20 Å². The number of H-pyrrole nitrogens is 1. The first-order valence-electron chi connectivity index (χ1n) is 8.83. The Labute approximate surface area is 152 Å². The molecule has 3 heterocycles. The SMILES string of the molecule is CC(C)C1=CC(Nc2ccnc(NCc3cccc4[nH]ccc34)n2)=NC1. The Kier molecular flexibility index (Phi) is 4.39. The Morgan fingerprint density at radius 2 is 2.12 bits per heavy atom. The number of benzene rings is 1. The predicted octanol–water partition coefficient (Wildman–Crippen LogP) is 3.98. The zero-order chi connectivity index (χ0) is 17.9. The molecule has 26 heavy (non-hydrogen) atoms. The number of rotatable bonds is 5. The number of hydrogen-bond donors (Lipinski definition) is 3. The van der Waals surface area contributed by atoms with Crippen LogP contribution in [-0.4, -0.2) is 27.3 Å². The fraction of sp³-hybridized carbons (Fsp3) is 0.250. The highest BCUT2D eigenvalue weighted by Crippen LogP contribution is 2.19. The first-order chi connectivity index (χ1) is 12.7. The molecule has 2 aromatic heterocycles. The number of aromatic nitrogens is 3. The van der Waals surface area contributed by atoms with Crippen LogP contribution < -0.4 is 10.6 Å². The molecular weight excluding hydrogens is 324 g/mol. The first kappa shape index (κ1) is 16.3. The van der Waals surface area contributed by atoms with E-state index in [1.807, 2.05) is 18.3 Å². The quantitative estimate of drug-likeness (QED) is 0.653. The topological polar surface area (TPSA) is 78.0 Å². The van der Waals surface area contributed by atoms with Gasteiger partial charge in [-0.25, -0.2) is 4.98 Å². The van der Waals surface area contributed by atoms with Crippen molar-refractivity contribution in [2.45, 2.75) is 20.4 Å². The maximum Gasteiger partial charge on any atom is 0.224 e. The zero-order valence-electron chi connectivity index (χ0n) is 15.0. The summed E-state index contributed by atoms with van der Waals surface area (Å²) in [5.41, 5.74) is 3.67. The van der Waals surface area contributed by atoms with E-state index in [4.69, 9.17) is 0 Å². The summed E-state index contributed by atoms with van der Waals surface area (Å²) in [4.78, 5) is 16.6. The van der Waals surface area contributed by atoms with Gasteiger partial charge < -0.3 is 15.6 Å². The zero-order valence-corrected chi connectivity index (χ0v) is 15.0. The van der Waals surface area contributed by atoms with Gasteiger partial charge in [0.15, 0.2) is 0 Å². The number of aliphatic imine (C=N–C) groups is 1. The minimum atomic E-state index is 0.511. The number of anilines is 2. The number of nitrogens with one attached hydrogen (secondary N) is 3. The van der Waals surface area contributed by atoms with Crippen molar-refractivity contribution in [2.24, 2.45) is 10.9 Å². The molecule has 1 aliphatic rings. The molecule has 1 aromatic carbocycles. The van der Waals surface area contributed by atoms with Crippen molar-refractivity contribution in [3.8, 4) is 0 Å². The Balaban J connectivity index is 1.44. The largest absolute Gasteiger partial charge is 0.361 e. The first-order valence-corrected chi connectivity index (χ1v) is 8.83. The summed E-state index contributed by atoms with van der Waals surface area (Å²) in [6.45, 7) is 5.79. The average Bonchev–Trinajstić information content (AvgIpc) is 3.29. The van der Waals surface area contributed by atoms with Crippen molar-refractivity contribution < 1.29 is 0 Å². The van der Waals surface area contributed by atoms with Gasteiger partial charge in [-0.2, -0.15) is 4.98 Å². The van der Waals surface area contributed by atoms with Gasteiger partial charge in [0.05, 0.1) is 6.54 Å². The van der Waals surface area contributed by atoms with Crippen LogP contribution in [0.25, 0.3) is 10.9 Å². The van der Waals surface area contributed by atoms with Crippen molar-refractivity contribution in [2.75, 3.05) is 17.2 Å². The molecule has 0 aliphatic carbocycles. The fourth-order valence-electron chi connectivity index (χ4n) is 2.99. The lowest BCUT2D eigenvalue weighted by Crippen LogP contribution is -2.11. The summed E-state index contributed by atoms with van der Waals surface area (Å²) in [5, 5.41) is 7.78. The lowest BCUT2D eigenvalue weighted by atomic mass is 10.0. The van der Waals surface area contributed by atoms with Crippen LogP contribution in [0.2, 0.25) is 0 Å². The molecule has 3 N–H and O–H groups in total. The summed E-state index contributed by atoms with van der Waals surface area (Å²) < 4.78 is 0. The van der Waals surface area contributed by atoms with E-state index in [-0.39, 0.29) is 0 Å². The highest BCUT2D eigenvalue weighted by molar-refractivity contribution is 6.05. The maximum atomic E-state index is 4.54. The molecule has 6 nitrogen and oxygen atoms in total. The minimum Gasteiger partial charge on any atom is -0.361 e. The second-order valence-electron chi connectivity index (χ2n) is 6.68. The maximum absolute atomic E-state index is 4.54. The monoisotopic (exact) mass is 346 g/mol. The second kappa shape index (κ2) is 7.00. The number of aromatic amines is 1. The highest BCUT2D eigenvalue weighted by atomic mass is 15.2. The van der Waals surface area contributed by atoms with Crippen LogP contribution in [0.15, 0.2) is 59.4 Å². The van der Waals surface area contributed by atoms with E-state index in [0.717, 1.165) is 23.7 Å². The molecule has 0 atom stereocenters. The van der Waals surface area contributed by atoms with E-state index < -0.39 is 0 Å². The molecule has 1 aliphatic heterocycles. The van der Waals surface area contributed by atoms with Crippen LogP contribution in [0, 0.1) is 5.92 Å². The average molecular weight is 346 g/mol. The van der Waals surface area contributed by atoms with Gasteiger partial charge in [0.25, 0.3) is 0 Å². The summed E-state index contributed by atoms with van der Waals surface area (Å²) >= 11 is 0. The molecule has 132 valence electrons. The van der Waals surface area contributed by atoms with E-state index in [0.29, 0.717) is 18.4 Å². The molecule has 0 amide bonds. The molecule has 3 aromatic rings. The summed E-state index contributed by atoms with van der Waals surface area (Å²) in [5.74, 6) is 2.70. The van der Waals surface area contributed by atoms with Crippen LogP contribution in [0.5, 0.6) is 0 Å². The number of hydrogen-bond acceptors (Lipinski definition) is 5. The normalized spacial score (nSPS) is 13.8. The van der Waals surface area contributed by atoms with Gasteiger partial charge >= 0.3 is 0 Å². The molecule has 6 heteroatoms. The van der Waals surface area contributed by atoms with E-state index >= 15 is 0 Å². The van der Waals surface area contributed by atoms with Crippen LogP contribution in [0.3, 0.4) is 0 Å². The third-order valence-electron chi connectivity index (χ3n) is 4.53. The van der Waals surface area contributed by atoms with Crippen molar-refractivity contribution in [3.05, 3.63) is 59.9 Å². The Morgan fingerprint density at radius 1 is 1.19 bits per heavy atom. The minimum absolute atomic E-state index is 0.511. The third-order valence-corrected chi connectivity index (χ3v) is 4.53. The lowest BCUT2D eigenvalue weighted by molar-refractivity contribution is 0.754. The third kappa shape index (κ3) is 3.44. The van der Waals surface area contributed by atoms with E-state index in [2.05, 4.69) is 68.7 Å². The Hall–Kier alpha value is -3.15. The summed E-state index contributed by atoms with van der Waals surface area (Å²) in [7, 11) is 0. The number of nitrogens with zero attached hydrogens (tertiary/aromatic N) is 3. The smallest absolute Gasteiger partial charge is 0.224 e. The molecule has 4 rings (SSSR count). The van der Waals surface area contributed by atoms with Gasteiger partial charge in [0.2, 0.25) is 5.95 Å². The Morgan fingerprint density at radius 3 is 2.96 bits per heavy atom. The highest BCUT2D eigenvalue weighted by Gasteiger charge is 2.12. The van der Waals surface area contributed by atoms with Crippen molar-refractivity contribution in [1.29, 1.82) is 0 Å². The molecule has 0 spiro atoms. The molecule has 0 bridgehead atoms. The summed E-state index contributed by atoms with van der Waals surface area (Å²) in [6.07, 6.45) is 5.81. The van der Waals surface area contributed by atoms with Gasteiger partial charge in [-0.1, -0.05) is 26.0 Å². The number of amidine groups is 1. The predicted molar refractivity (Wildman–Crippen MR) is 107 cm³/mol. The lowest BCUT2D eigenvalue weighted by Gasteiger charge is -2.08. The van der Waals surface area contributed by atoms with E-state index in [1.165, 1.54) is 16.5 Å². The van der Waals surface area contributed by atoms with Crippen LogP contribution in [0.1, 0.15) is 19.4 Å². The molecule has 0 radical (unpaired) electrons. The van der Waals surface area contributed by atoms with Crippen LogP contribution in [-0.2, 0) is 6.54 Å². The molecule has 0 saturated carbocycles. The number of fused-ring (bicyclic) bond motifs is 1. The van der Waals surface area contributed by atoms with Gasteiger partial charge in [-0.15, -0.1) is 0 Å². The molecule has 0 saturated heterocycles. The van der Waals surface area contributed by atoms with Crippen molar-refractivity contribution in [3.63, 3.8) is 0 Å². The van der Waals surface area contributed by atoms with Crippen LogP contribution >= 0.6 is 0 Å². The molecule has 0 fully saturated rings. The van der Waals surface area contributed by atoms with E-state index in [9.17, 15) is 0 Å². The van der Waals surface area contributed by atoms with Crippen molar-refractivity contribution in [1.82, 2.24) is 15.0 Å². The van der Waals surface area contributed by atoms with Gasteiger partial charge in [-0.05, 0) is 41.3 Å². The van der Waals surface area contributed by atoms with Gasteiger partial charge in [0.1, 0.15) is 11.7 Å². The van der Waals surface area contributed by atoms with Crippen LogP contribution in [0.4, 0.5) is 11.8 Å². The summed E-state index contributed by atoms with van der Waals surface area (Å²) in [6, 6.07) is 10.2. The van der Waals surface area contributed by atoms with Crippen molar-refractivity contribution >= 4 is 28.5 Å². The Bertz CT molecular complexity index is 983.